The third-order valence-corrected chi connectivity index (χ3v) is 2.03. The first-order chi connectivity index (χ1) is 6.59. The minimum absolute atomic E-state index is 0.151. The Hall–Kier alpha value is -2.24. The zero-order chi connectivity index (χ0) is 10.3. The minimum atomic E-state index is 0.151. The van der Waals surface area contributed by atoms with Crippen LogP contribution in [-0.2, 0) is 0 Å². The molecule has 0 atom stereocenters. The van der Waals surface area contributed by atoms with E-state index < -0.39 is 0 Å². The van der Waals surface area contributed by atoms with E-state index in [2.05, 4.69) is 0 Å². The molecule has 6 nitrogen and oxygen atoms in total. The molecule has 1 aromatic carbocycles. The summed E-state index contributed by atoms with van der Waals surface area (Å²) < 4.78 is 0. The van der Waals surface area contributed by atoms with Gasteiger partial charge < -0.3 is 21.9 Å². The average Bonchev–Trinajstić information content (AvgIpc) is 2.15. The number of nitrogen functional groups attached to an aromatic ring is 2. The van der Waals surface area contributed by atoms with Crippen molar-refractivity contribution in [2.24, 2.45) is 0 Å². The number of rotatable bonds is 0. The van der Waals surface area contributed by atoms with Crippen molar-refractivity contribution in [2.75, 3.05) is 11.5 Å². The van der Waals surface area contributed by atoms with Crippen LogP contribution in [0.25, 0.3) is 10.8 Å². The van der Waals surface area contributed by atoms with Crippen LogP contribution in [0.1, 0.15) is 0 Å². The molecule has 2 aromatic rings. The highest BCUT2D eigenvalue weighted by atomic mass is 16.6. The number of hydrogen-bond donors (Lipinski definition) is 2. The lowest BCUT2D eigenvalue weighted by Gasteiger charge is -2.03. The quantitative estimate of drug-likeness (QED) is 0.326. The smallest absolute Gasteiger partial charge is 0.263 e. The monoisotopic (exact) mass is 192 g/mol. The molecule has 0 spiro atoms. The summed E-state index contributed by atoms with van der Waals surface area (Å²) in [5.74, 6) is 0. The molecule has 0 fully saturated rings. The molecule has 1 heterocycles. The highest BCUT2D eigenvalue weighted by Crippen LogP contribution is 2.23. The number of anilines is 2. The summed E-state index contributed by atoms with van der Waals surface area (Å²) in [6.45, 7) is 0. The summed E-state index contributed by atoms with van der Waals surface area (Å²) in [7, 11) is 0. The predicted molar refractivity (Wildman–Crippen MR) is 50.7 cm³/mol. The fourth-order valence-corrected chi connectivity index (χ4v) is 1.29. The number of aromatic nitrogens is 2. The van der Waals surface area contributed by atoms with Crippen molar-refractivity contribution < 1.29 is 9.69 Å². The predicted octanol–water partition coefficient (Wildman–Crippen LogP) is -0.729. The Balaban J connectivity index is 2.94. The van der Waals surface area contributed by atoms with Crippen LogP contribution in [0.2, 0.25) is 0 Å². The summed E-state index contributed by atoms with van der Waals surface area (Å²) in [5.41, 5.74) is 12.1. The first-order valence-electron chi connectivity index (χ1n) is 3.90. The molecule has 72 valence electrons. The van der Waals surface area contributed by atoms with Gasteiger partial charge in [0.25, 0.3) is 12.4 Å². The van der Waals surface area contributed by atoms with E-state index in [4.69, 9.17) is 11.5 Å². The summed E-state index contributed by atoms with van der Waals surface area (Å²) in [4.78, 5) is 0.302. The van der Waals surface area contributed by atoms with E-state index in [0.717, 1.165) is 12.4 Å². The van der Waals surface area contributed by atoms with Gasteiger partial charge in [0.1, 0.15) is 0 Å². The maximum absolute atomic E-state index is 11.0. The molecular weight excluding hydrogens is 184 g/mol. The maximum Gasteiger partial charge on any atom is 0.263 e. The van der Waals surface area contributed by atoms with Crippen LogP contribution in [-0.4, -0.2) is 0 Å². The fraction of sp³-hybridized carbons (Fsp3) is 0. The van der Waals surface area contributed by atoms with Gasteiger partial charge in [-0.3, -0.25) is 0 Å². The molecule has 0 aliphatic carbocycles. The van der Waals surface area contributed by atoms with Crippen LogP contribution < -0.4 is 21.2 Å². The average molecular weight is 192 g/mol. The van der Waals surface area contributed by atoms with Crippen LogP contribution >= 0.6 is 0 Å². The van der Waals surface area contributed by atoms with Crippen LogP contribution in [0.3, 0.4) is 0 Å². The highest BCUT2D eigenvalue weighted by molar-refractivity contribution is 5.98. The van der Waals surface area contributed by atoms with Gasteiger partial charge in [-0.25, -0.2) is 0 Å². The molecule has 1 aromatic heterocycles. The Kier molecular flexibility index (Phi) is 1.57. The van der Waals surface area contributed by atoms with Crippen LogP contribution in [0.4, 0.5) is 11.4 Å². The third kappa shape index (κ3) is 1.05. The van der Waals surface area contributed by atoms with Gasteiger partial charge >= 0.3 is 0 Å². The van der Waals surface area contributed by atoms with E-state index in [1.165, 1.54) is 0 Å². The molecule has 14 heavy (non-hydrogen) atoms. The van der Waals surface area contributed by atoms with Crippen molar-refractivity contribution in [3.63, 3.8) is 0 Å². The van der Waals surface area contributed by atoms with Crippen molar-refractivity contribution >= 4 is 22.1 Å². The van der Waals surface area contributed by atoms with E-state index in [1.807, 2.05) is 0 Å². The standard InChI is InChI=1S/C8H8N4O2/c9-7-1-2-8(10)6-4-12(14)11(13)3-5(6)7/h1-4H,9-10H2. The number of hydrogen-bond acceptors (Lipinski definition) is 4. The van der Waals surface area contributed by atoms with Crippen LogP contribution in [0.15, 0.2) is 24.5 Å². The minimum Gasteiger partial charge on any atom is -0.561 e. The van der Waals surface area contributed by atoms with Crippen molar-refractivity contribution in [3.05, 3.63) is 34.9 Å². The first-order valence-corrected chi connectivity index (χ1v) is 3.90. The van der Waals surface area contributed by atoms with Crippen LogP contribution in [0.5, 0.6) is 0 Å². The summed E-state index contributed by atoms with van der Waals surface area (Å²) in [6, 6.07) is 3.18. The third-order valence-electron chi connectivity index (χ3n) is 2.03. The second kappa shape index (κ2) is 2.63. The van der Waals surface area contributed by atoms with Gasteiger partial charge in [-0.15, -0.1) is 0 Å². The van der Waals surface area contributed by atoms with Gasteiger partial charge in [0.05, 0.1) is 20.5 Å². The Morgan fingerprint density at radius 3 is 1.57 bits per heavy atom. The molecule has 2 rings (SSSR count). The molecule has 0 radical (unpaired) electrons. The van der Waals surface area contributed by atoms with E-state index in [0.29, 0.717) is 22.1 Å². The van der Waals surface area contributed by atoms with Gasteiger partial charge in [0, 0.05) is 11.4 Å². The molecule has 0 bridgehead atoms. The van der Waals surface area contributed by atoms with Crippen LogP contribution in [0, 0.1) is 10.4 Å². The lowest BCUT2D eigenvalue weighted by Crippen LogP contribution is -2.60. The molecular formula is C8H8N4O2. The van der Waals surface area contributed by atoms with Gasteiger partial charge in [-0.1, -0.05) is 0 Å². The van der Waals surface area contributed by atoms with Crippen molar-refractivity contribution in [2.45, 2.75) is 0 Å². The second-order valence-electron chi connectivity index (χ2n) is 2.93. The number of fused-ring (bicyclic) bond motifs is 1. The van der Waals surface area contributed by atoms with E-state index >= 15 is 0 Å². The molecule has 0 aliphatic rings. The number of nitrogens with zero attached hydrogens (tertiary/aromatic N) is 2. The lowest BCUT2D eigenvalue weighted by atomic mass is 10.1. The first kappa shape index (κ1) is 8.36. The Labute approximate surface area is 79.1 Å². The second-order valence-corrected chi connectivity index (χ2v) is 2.93. The largest absolute Gasteiger partial charge is 0.561 e. The summed E-state index contributed by atoms with van der Waals surface area (Å²) in [6.07, 6.45) is 2.21. The van der Waals surface area contributed by atoms with E-state index in [1.54, 1.807) is 12.1 Å². The SMILES string of the molecule is Nc1ccc(N)c2c[n+]([O-])[n+]([O-])cc12. The van der Waals surface area contributed by atoms with Crippen molar-refractivity contribution in [3.8, 4) is 0 Å². The molecule has 4 N–H and O–H groups in total. The molecule has 0 amide bonds. The Bertz CT molecular complexity index is 466. The molecule has 0 saturated carbocycles. The zero-order valence-corrected chi connectivity index (χ0v) is 7.18. The fourth-order valence-electron chi connectivity index (χ4n) is 1.29. The molecule has 0 unspecified atom stereocenters. The molecule has 0 aliphatic heterocycles. The molecule has 6 heteroatoms. The lowest BCUT2D eigenvalue weighted by molar-refractivity contribution is -1.19. The van der Waals surface area contributed by atoms with E-state index in [9.17, 15) is 10.4 Å². The normalized spacial score (nSPS) is 10.6. The number of benzene rings is 1. The van der Waals surface area contributed by atoms with Crippen molar-refractivity contribution in [1.82, 2.24) is 0 Å². The summed E-state index contributed by atoms with van der Waals surface area (Å²) >= 11 is 0. The topological polar surface area (TPSA) is 106 Å². The van der Waals surface area contributed by atoms with E-state index in [-0.39, 0.29) is 9.69 Å². The molecule has 0 saturated heterocycles. The maximum atomic E-state index is 11.0. The Morgan fingerprint density at radius 2 is 1.21 bits per heavy atom. The van der Waals surface area contributed by atoms with Gasteiger partial charge in [-0.2, -0.15) is 0 Å². The van der Waals surface area contributed by atoms with Gasteiger partial charge in [0.15, 0.2) is 0 Å². The summed E-state index contributed by atoms with van der Waals surface area (Å²) in [5, 5.41) is 22.9. The Morgan fingerprint density at radius 1 is 0.857 bits per heavy atom. The number of nitrogens with two attached hydrogens (primary N) is 2. The van der Waals surface area contributed by atoms with Gasteiger partial charge in [-0.05, 0) is 12.1 Å². The zero-order valence-electron chi connectivity index (χ0n) is 7.18. The van der Waals surface area contributed by atoms with Crippen molar-refractivity contribution in [1.29, 1.82) is 0 Å². The highest BCUT2D eigenvalue weighted by Gasteiger charge is 2.12. The van der Waals surface area contributed by atoms with Gasteiger partial charge in [0.2, 0.25) is 0 Å².